The average molecular weight is 437 g/mol. The maximum atomic E-state index is 13.1. The molecule has 3 N–H and O–H groups in total. The van der Waals surface area contributed by atoms with Crippen molar-refractivity contribution in [3.05, 3.63) is 53.5 Å². The summed E-state index contributed by atoms with van der Waals surface area (Å²) >= 11 is 0. The van der Waals surface area contributed by atoms with Crippen LogP contribution in [0.15, 0.2) is 36.7 Å². The monoisotopic (exact) mass is 436 g/mol. The van der Waals surface area contributed by atoms with E-state index in [1.54, 1.807) is 11.0 Å². The Hall–Kier alpha value is -2.55. The van der Waals surface area contributed by atoms with Crippen molar-refractivity contribution in [2.75, 3.05) is 38.0 Å². The van der Waals surface area contributed by atoms with Crippen LogP contribution in [0.5, 0.6) is 0 Å². The number of rotatable bonds is 4. The zero-order valence-corrected chi connectivity index (χ0v) is 18.4. The van der Waals surface area contributed by atoms with Crippen molar-refractivity contribution in [1.82, 2.24) is 25.1 Å². The van der Waals surface area contributed by atoms with Gasteiger partial charge in [-0.1, -0.05) is 24.3 Å². The van der Waals surface area contributed by atoms with E-state index in [1.807, 2.05) is 0 Å². The van der Waals surface area contributed by atoms with E-state index < -0.39 is 6.10 Å². The van der Waals surface area contributed by atoms with Gasteiger partial charge in [0.25, 0.3) is 5.91 Å². The van der Waals surface area contributed by atoms with E-state index in [0.717, 1.165) is 51.9 Å². The first-order valence-electron chi connectivity index (χ1n) is 11.7. The van der Waals surface area contributed by atoms with E-state index >= 15 is 0 Å². The molecule has 0 aliphatic carbocycles. The van der Waals surface area contributed by atoms with Gasteiger partial charge in [0.05, 0.1) is 6.10 Å². The Morgan fingerprint density at radius 3 is 2.72 bits per heavy atom. The smallest absolute Gasteiger partial charge is 0.272 e. The van der Waals surface area contributed by atoms with Crippen LogP contribution in [0, 0.1) is 0 Å². The highest BCUT2D eigenvalue weighted by atomic mass is 16.3. The SMILES string of the molecule is O=C(c1cc(NC2CCNCC2)ncn1)N1CC[C@@H](N2CCc3ccccc3C2)[C@H](O)C1. The number of aromatic nitrogens is 2. The number of amides is 1. The van der Waals surface area contributed by atoms with Crippen LogP contribution in [0.2, 0.25) is 0 Å². The zero-order valence-electron chi connectivity index (χ0n) is 18.4. The molecular weight excluding hydrogens is 404 g/mol. The van der Waals surface area contributed by atoms with Gasteiger partial charge >= 0.3 is 0 Å². The molecule has 0 spiro atoms. The molecule has 0 unspecified atom stereocenters. The molecule has 5 rings (SSSR count). The number of carbonyl (C=O) groups is 1. The molecule has 2 fully saturated rings. The number of benzene rings is 1. The number of β-amino-alcohol motifs (C(OH)–C–C–N with tert-alkyl or cyclic N) is 1. The highest BCUT2D eigenvalue weighted by molar-refractivity contribution is 5.93. The number of aliphatic hydroxyl groups is 1. The van der Waals surface area contributed by atoms with Gasteiger partial charge < -0.3 is 20.6 Å². The second-order valence-electron chi connectivity index (χ2n) is 9.12. The summed E-state index contributed by atoms with van der Waals surface area (Å²) in [5.41, 5.74) is 3.14. The van der Waals surface area contributed by atoms with Gasteiger partial charge in [-0.25, -0.2) is 9.97 Å². The molecule has 4 heterocycles. The summed E-state index contributed by atoms with van der Waals surface area (Å²) in [6, 6.07) is 10.7. The summed E-state index contributed by atoms with van der Waals surface area (Å²) in [6.07, 6.45) is 4.73. The molecule has 32 heavy (non-hydrogen) atoms. The largest absolute Gasteiger partial charge is 0.390 e. The summed E-state index contributed by atoms with van der Waals surface area (Å²) in [6.45, 7) is 4.75. The van der Waals surface area contributed by atoms with Gasteiger partial charge in [-0.2, -0.15) is 0 Å². The van der Waals surface area contributed by atoms with E-state index in [4.69, 9.17) is 0 Å². The Morgan fingerprint density at radius 1 is 1.09 bits per heavy atom. The van der Waals surface area contributed by atoms with Gasteiger partial charge in [0.15, 0.2) is 0 Å². The molecule has 1 aromatic carbocycles. The van der Waals surface area contributed by atoms with Crippen LogP contribution >= 0.6 is 0 Å². The summed E-state index contributed by atoms with van der Waals surface area (Å²) in [7, 11) is 0. The van der Waals surface area contributed by atoms with Crippen LogP contribution in [-0.4, -0.2) is 81.7 Å². The van der Waals surface area contributed by atoms with Gasteiger partial charge in [0.1, 0.15) is 17.8 Å². The Balaban J connectivity index is 1.20. The second-order valence-corrected chi connectivity index (χ2v) is 9.12. The van der Waals surface area contributed by atoms with E-state index in [2.05, 4.69) is 49.8 Å². The number of aliphatic hydroxyl groups excluding tert-OH is 1. The Morgan fingerprint density at radius 2 is 1.91 bits per heavy atom. The Bertz CT molecular complexity index is 948. The standard InChI is InChI=1S/C24H32N6O2/c31-22-15-30(12-8-21(22)29-11-7-17-3-1-2-4-18(17)14-29)24(32)20-13-23(27-16-26-20)28-19-5-9-25-10-6-19/h1-4,13,16,19,21-22,25,31H,5-12,14-15H2,(H,26,27,28)/t21-,22-/m1/s1. The number of likely N-dealkylation sites (tertiary alicyclic amines) is 1. The van der Waals surface area contributed by atoms with Crippen LogP contribution in [0.4, 0.5) is 5.82 Å². The number of nitrogens with zero attached hydrogens (tertiary/aromatic N) is 4. The number of carbonyl (C=O) groups excluding carboxylic acids is 1. The molecule has 3 aliphatic heterocycles. The first kappa shape index (κ1) is 21.3. The molecule has 170 valence electrons. The average Bonchev–Trinajstić information content (AvgIpc) is 2.84. The molecule has 8 nitrogen and oxygen atoms in total. The predicted octanol–water partition coefficient (Wildman–Crippen LogP) is 1.27. The predicted molar refractivity (Wildman–Crippen MR) is 122 cm³/mol. The van der Waals surface area contributed by atoms with Gasteiger partial charge in [-0.15, -0.1) is 0 Å². The van der Waals surface area contributed by atoms with Crippen molar-refractivity contribution in [2.45, 2.75) is 50.4 Å². The first-order valence-corrected chi connectivity index (χ1v) is 11.7. The van der Waals surface area contributed by atoms with Crippen LogP contribution in [0.1, 0.15) is 40.9 Å². The second kappa shape index (κ2) is 9.52. The molecule has 1 aromatic heterocycles. The molecule has 0 saturated carbocycles. The lowest BCUT2D eigenvalue weighted by atomic mass is 9.94. The van der Waals surface area contributed by atoms with E-state index in [9.17, 15) is 9.90 Å². The third kappa shape index (κ3) is 4.62. The van der Waals surface area contributed by atoms with Crippen molar-refractivity contribution in [1.29, 1.82) is 0 Å². The summed E-state index contributed by atoms with van der Waals surface area (Å²) in [4.78, 5) is 25.7. The van der Waals surface area contributed by atoms with Gasteiger partial charge in [0.2, 0.25) is 0 Å². The zero-order chi connectivity index (χ0) is 21.9. The topological polar surface area (TPSA) is 93.6 Å². The molecule has 2 atom stereocenters. The lowest BCUT2D eigenvalue weighted by molar-refractivity contribution is -0.0139. The van der Waals surface area contributed by atoms with Gasteiger partial charge in [0, 0.05) is 44.3 Å². The van der Waals surface area contributed by atoms with Crippen molar-refractivity contribution in [3.8, 4) is 0 Å². The highest BCUT2D eigenvalue weighted by Crippen LogP contribution is 2.26. The van der Waals surface area contributed by atoms with Crippen LogP contribution < -0.4 is 10.6 Å². The Kier molecular flexibility index (Phi) is 6.34. The molecule has 3 aliphatic rings. The summed E-state index contributed by atoms with van der Waals surface area (Å²) in [5, 5.41) is 17.7. The number of hydrogen-bond acceptors (Lipinski definition) is 7. The lowest BCUT2D eigenvalue weighted by Crippen LogP contribution is -2.56. The van der Waals surface area contributed by atoms with Crippen LogP contribution in [0.25, 0.3) is 0 Å². The molecular formula is C24H32N6O2. The van der Waals surface area contributed by atoms with Crippen LogP contribution in [0.3, 0.4) is 0 Å². The lowest BCUT2D eigenvalue weighted by Gasteiger charge is -2.43. The molecule has 1 amide bonds. The summed E-state index contributed by atoms with van der Waals surface area (Å²) < 4.78 is 0. The quantitative estimate of drug-likeness (QED) is 0.665. The molecule has 0 bridgehead atoms. The minimum absolute atomic E-state index is 0.0787. The Labute approximate surface area is 189 Å². The number of anilines is 1. The molecule has 2 aromatic rings. The normalized spacial score (nSPS) is 24.7. The fourth-order valence-corrected chi connectivity index (χ4v) is 5.22. The fraction of sp³-hybridized carbons (Fsp3) is 0.542. The number of nitrogens with one attached hydrogen (secondary N) is 2. The fourth-order valence-electron chi connectivity index (χ4n) is 5.22. The molecule has 2 saturated heterocycles. The number of fused-ring (bicyclic) bond motifs is 1. The maximum absolute atomic E-state index is 13.1. The minimum Gasteiger partial charge on any atom is -0.390 e. The third-order valence-corrected chi connectivity index (χ3v) is 7.04. The summed E-state index contributed by atoms with van der Waals surface area (Å²) in [5.74, 6) is 0.555. The first-order chi connectivity index (χ1) is 15.7. The van der Waals surface area contributed by atoms with E-state index in [-0.39, 0.29) is 11.9 Å². The third-order valence-electron chi connectivity index (χ3n) is 7.04. The van der Waals surface area contributed by atoms with Crippen molar-refractivity contribution < 1.29 is 9.90 Å². The highest BCUT2D eigenvalue weighted by Gasteiger charge is 2.35. The van der Waals surface area contributed by atoms with Gasteiger partial charge in [-0.3, -0.25) is 9.69 Å². The number of piperidine rings is 2. The van der Waals surface area contributed by atoms with Crippen molar-refractivity contribution in [3.63, 3.8) is 0 Å². The minimum atomic E-state index is -0.563. The number of hydrogen-bond donors (Lipinski definition) is 3. The van der Waals surface area contributed by atoms with Crippen LogP contribution in [-0.2, 0) is 13.0 Å². The van der Waals surface area contributed by atoms with E-state index in [1.165, 1.54) is 17.5 Å². The van der Waals surface area contributed by atoms with E-state index in [0.29, 0.717) is 30.6 Å². The van der Waals surface area contributed by atoms with Gasteiger partial charge in [-0.05, 0) is 49.9 Å². The van der Waals surface area contributed by atoms with Crippen molar-refractivity contribution in [2.24, 2.45) is 0 Å². The molecule has 0 radical (unpaired) electrons. The maximum Gasteiger partial charge on any atom is 0.272 e. The molecule has 8 heteroatoms. The van der Waals surface area contributed by atoms with Crippen molar-refractivity contribution >= 4 is 11.7 Å².